The molecule has 3 atom stereocenters. The van der Waals surface area contributed by atoms with Crippen LogP contribution < -0.4 is 11.1 Å². The van der Waals surface area contributed by atoms with Crippen molar-refractivity contribution in [2.45, 2.75) is 51.0 Å². The summed E-state index contributed by atoms with van der Waals surface area (Å²) >= 11 is 0. The Morgan fingerprint density at radius 2 is 1.89 bits per heavy atom. The van der Waals surface area contributed by atoms with Crippen LogP contribution in [-0.2, 0) is 14.4 Å². The largest absolute Gasteiger partial charge is 0.424 e. The maximum Gasteiger partial charge on any atom is 0.424 e. The molecule has 2 rings (SSSR count). The van der Waals surface area contributed by atoms with Crippen LogP contribution in [0.2, 0.25) is 0 Å². The molecule has 5 N–H and O–H groups in total. The van der Waals surface area contributed by atoms with E-state index in [1.165, 1.54) is 0 Å². The third-order valence-corrected chi connectivity index (χ3v) is 5.96. The van der Waals surface area contributed by atoms with E-state index in [0.717, 1.165) is 25.7 Å². The smallest absolute Gasteiger partial charge is 0.395 e. The van der Waals surface area contributed by atoms with Gasteiger partial charge in [0.25, 0.3) is 5.91 Å². The first-order valence-corrected chi connectivity index (χ1v) is 9.88. The van der Waals surface area contributed by atoms with Crippen LogP contribution >= 0.6 is 0 Å². The van der Waals surface area contributed by atoms with Gasteiger partial charge >= 0.3 is 11.9 Å². The van der Waals surface area contributed by atoms with Gasteiger partial charge in [-0.3, -0.25) is 14.8 Å². The predicted molar refractivity (Wildman–Crippen MR) is 97.5 cm³/mol. The Balaban J connectivity index is 2.35. The average Bonchev–Trinajstić information content (AvgIpc) is 3.34. The van der Waals surface area contributed by atoms with E-state index in [1.54, 1.807) is 0 Å². The van der Waals surface area contributed by atoms with Crippen LogP contribution in [0.3, 0.4) is 0 Å². The van der Waals surface area contributed by atoms with Gasteiger partial charge in [-0.05, 0) is 12.3 Å². The quantitative estimate of drug-likeness (QED) is 0.181. The first-order chi connectivity index (χ1) is 13.4. The minimum Gasteiger partial charge on any atom is -0.395 e. The van der Waals surface area contributed by atoms with Crippen molar-refractivity contribution < 1.29 is 34.0 Å². The van der Waals surface area contributed by atoms with Crippen LogP contribution in [-0.4, -0.2) is 76.4 Å². The first-order valence-electron chi connectivity index (χ1n) is 9.88. The Kier molecular flexibility index (Phi) is 7.90. The minimum absolute atomic E-state index is 0.0502. The standard InChI is InChI=1S/C18H30N4O6/c19-16(25)15-6-3-8-22(15,18(27)20-7-9-23)17(26)14(11-21(28)12-24)10-13-4-1-2-5-13/h12-15,23,28H,1-11H2,(H2-,19,20,25,27)/p+1/t14-,15+,22?/m1/s1. The van der Waals surface area contributed by atoms with Crippen molar-refractivity contribution >= 4 is 24.3 Å². The molecule has 0 aromatic heterocycles. The highest BCUT2D eigenvalue weighted by atomic mass is 16.5. The normalized spacial score (nSPS) is 26.0. The van der Waals surface area contributed by atoms with Crippen molar-refractivity contribution in [3.8, 4) is 0 Å². The van der Waals surface area contributed by atoms with Gasteiger partial charge in [0.2, 0.25) is 6.41 Å². The van der Waals surface area contributed by atoms with Crippen LogP contribution in [0, 0.1) is 11.8 Å². The minimum atomic E-state index is -0.999. The van der Waals surface area contributed by atoms with Crippen LogP contribution in [0.5, 0.6) is 0 Å². The van der Waals surface area contributed by atoms with Crippen LogP contribution in [0.25, 0.3) is 0 Å². The number of quaternary nitrogens is 1. The highest BCUT2D eigenvalue weighted by Gasteiger charge is 2.58. The maximum atomic E-state index is 13.6. The van der Waals surface area contributed by atoms with Crippen molar-refractivity contribution in [2.75, 3.05) is 26.2 Å². The van der Waals surface area contributed by atoms with Gasteiger partial charge in [0, 0.05) is 19.4 Å². The second-order valence-electron chi connectivity index (χ2n) is 7.76. The van der Waals surface area contributed by atoms with Gasteiger partial charge in [-0.25, -0.2) is 14.7 Å². The van der Waals surface area contributed by atoms with E-state index < -0.39 is 34.3 Å². The summed E-state index contributed by atoms with van der Waals surface area (Å²) in [5.41, 5.74) is 5.52. The van der Waals surface area contributed by atoms with Crippen molar-refractivity contribution in [2.24, 2.45) is 17.6 Å². The summed E-state index contributed by atoms with van der Waals surface area (Å²) in [6.07, 6.45) is 5.45. The number of aliphatic hydroxyl groups excluding tert-OH is 1. The van der Waals surface area contributed by atoms with Gasteiger partial charge < -0.3 is 16.2 Å². The predicted octanol–water partition coefficient (Wildman–Crippen LogP) is -0.276. The molecule has 0 aromatic carbocycles. The number of hydrogen-bond donors (Lipinski definition) is 4. The van der Waals surface area contributed by atoms with E-state index in [2.05, 4.69) is 5.32 Å². The lowest BCUT2D eigenvalue weighted by molar-refractivity contribution is -0.779. The topological polar surface area (TPSA) is 150 Å². The summed E-state index contributed by atoms with van der Waals surface area (Å²) in [4.78, 5) is 49.6. The molecule has 1 aliphatic carbocycles. The van der Waals surface area contributed by atoms with Gasteiger partial charge in [-0.15, -0.1) is 0 Å². The Morgan fingerprint density at radius 3 is 2.46 bits per heavy atom. The fourth-order valence-electron chi connectivity index (χ4n) is 4.68. The number of likely N-dealkylation sites (tertiary alicyclic amines) is 1. The van der Waals surface area contributed by atoms with Gasteiger partial charge in [0.1, 0.15) is 0 Å². The van der Waals surface area contributed by atoms with E-state index in [-0.39, 0.29) is 38.6 Å². The lowest BCUT2D eigenvalue weighted by Crippen LogP contribution is -2.68. The van der Waals surface area contributed by atoms with Crippen LogP contribution in [0.4, 0.5) is 4.79 Å². The number of hydrogen-bond acceptors (Lipinski definition) is 6. The zero-order valence-electron chi connectivity index (χ0n) is 16.1. The van der Waals surface area contributed by atoms with Crippen molar-refractivity contribution in [1.82, 2.24) is 10.4 Å². The van der Waals surface area contributed by atoms with E-state index >= 15 is 0 Å². The van der Waals surface area contributed by atoms with Gasteiger partial charge in [0.15, 0.2) is 6.04 Å². The number of primary amides is 1. The summed E-state index contributed by atoms with van der Waals surface area (Å²) in [6, 6.07) is -1.67. The molecule has 5 amide bonds. The molecule has 1 aliphatic heterocycles. The molecule has 158 valence electrons. The van der Waals surface area contributed by atoms with Gasteiger partial charge in [0.05, 0.1) is 25.6 Å². The Morgan fingerprint density at radius 1 is 1.21 bits per heavy atom. The average molecular weight is 399 g/mol. The molecule has 10 nitrogen and oxygen atoms in total. The number of urea groups is 1. The van der Waals surface area contributed by atoms with Crippen LogP contribution in [0.15, 0.2) is 0 Å². The molecule has 1 saturated carbocycles. The number of amides is 5. The zero-order chi connectivity index (χ0) is 20.7. The summed E-state index contributed by atoms with van der Waals surface area (Å²) in [5, 5.41) is 21.7. The summed E-state index contributed by atoms with van der Waals surface area (Å²) in [6.45, 7) is -0.470. The lowest BCUT2D eigenvalue weighted by Gasteiger charge is -2.36. The summed E-state index contributed by atoms with van der Waals surface area (Å²) < 4.78 is -0.764. The van der Waals surface area contributed by atoms with Crippen LogP contribution in [0.1, 0.15) is 44.9 Å². The molecule has 2 aliphatic rings. The zero-order valence-corrected chi connectivity index (χ0v) is 16.1. The Hall–Kier alpha value is -2.04. The molecule has 2 fully saturated rings. The number of imide groups is 1. The monoisotopic (exact) mass is 399 g/mol. The van der Waals surface area contributed by atoms with E-state index in [0.29, 0.717) is 24.3 Å². The van der Waals surface area contributed by atoms with Crippen molar-refractivity contribution in [3.05, 3.63) is 0 Å². The Bertz CT molecular complexity index is 595. The maximum absolute atomic E-state index is 13.6. The number of carbonyl (C=O) groups is 4. The number of nitrogens with two attached hydrogens (primary N) is 1. The number of hydroxylamine groups is 2. The second kappa shape index (κ2) is 9.94. The molecule has 0 aromatic rings. The molecule has 1 heterocycles. The number of rotatable bonds is 9. The number of carbonyl (C=O) groups excluding carboxylic acids is 4. The van der Waals surface area contributed by atoms with E-state index in [9.17, 15) is 24.4 Å². The molecule has 0 spiro atoms. The highest BCUT2D eigenvalue weighted by molar-refractivity contribution is 5.91. The molecule has 1 saturated heterocycles. The van der Waals surface area contributed by atoms with E-state index in [1.807, 2.05) is 0 Å². The number of nitrogens with one attached hydrogen (secondary N) is 1. The molecular weight excluding hydrogens is 368 g/mol. The molecule has 0 radical (unpaired) electrons. The highest BCUT2D eigenvalue weighted by Crippen LogP contribution is 2.35. The summed E-state index contributed by atoms with van der Waals surface area (Å²) in [7, 11) is 0. The molecule has 10 heteroatoms. The van der Waals surface area contributed by atoms with Gasteiger partial charge in [-0.2, -0.15) is 4.48 Å². The molecule has 28 heavy (non-hydrogen) atoms. The fraction of sp³-hybridized carbons (Fsp3) is 0.778. The molecule has 1 unspecified atom stereocenters. The number of nitrogens with zero attached hydrogens (tertiary/aromatic N) is 2. The van der Waals surface area contributed by atoms with E-state index in [4.69, 9.17) is 10.8 Å². The second-order valence-corrected chi connectivity index (χ2v) is 7.76. The fourth-order valence-corrected chi connectivity index (χ4v) is 4.68. The van der Waals surface area contributed by atoms with Crippen molar-refractivity contribution in [3.63, 3.8) is 0 Å². The number of aliphatic hydroxyl groups is 1. The summed E-state index contributed by atoms with van der Waals surface area (Å²) in [5.74, 6) is -1.77. The first kappa shape index (κ1) is 22.3. The third kappa shape index (κ3) is 4.68. The molecular formula is C18H31N4O6+. The lowest BCUT2D eigenvalue weighted by atomic mass is 9.90. The molecule has 0 bridgehead atoms. The SMILES string of the molecule is NC(=O)[C@@H]1CCC[N+]1(C(=O)NCCO)C(=O)[C@H](CC1CCCC1)CN(O)C=O. The third-order valence-electron chi connectivity index (χ3n) is 5.96. The van der Waals surface area contributed by atoms with Gasteiger partial charge in [-0.1, -0.05) is 25.7 Å². The Labute approximate surface area is 164 Å². The van der Waals surface area contributed by atoms with Crippen molar-refractivity contribution in [1.29, 1.82) is 0 Å².